The normalized spacial score (nSPS) is 10.4. The quantitative estimate of drug-likeness (QED) is 0.696. The molecule has 70 valence electrons. The second-order valence-electron chi connectivity index (χ2n) is 2.16. The van der Waals surface area contributed by atoms with Crippen LogP contribution >= 0.6 is 11.8 Å². The molecule has 1 aromatic carbocycles. The Hall–Kier alpha value is -1.10. The van der Waals surface area contributed by atoms with Crippen LogP contribution in [0.25, 0.3) is 0 Å². The molecule has 0 unspecified atom stereocenters. The zero-order valence-corrected chi connectivity index (χ0v) is 7.18. The number of carboxylic acid groups (broad SMARTS) is 1. The van der Waals surface area contributed by atoms with Gasteiger partial charge in [-0.25, -0.2) is 0 Å². The van der Waals surface area contributed by atoms with Gasteiger partial charge in [0.15, 0.2) is 0 Å². The molecule has 2 nitrogen and oxygen atoms in total. The average molecular weight is 203 g/mol. The lowest BCUT2D eigenvalue weighted by Gasteiger charge is -2.08. The highest BCUT2D eigenvalue weighted by molar-refractivity contribution is 7.99. The number of thioether (sulfide) groups is 1. The minimum atomic E-state index is -2.62. The van der Waals surface area contributed by atoms with Crippen molar-refractivity contribution in [3.8, 4) is 0 Å². The van der Waals surface area contributed by atoms with Crippen LogP contribution in [0.15, 0.2) is 29.2 Å². The first-order valence-corrected chi connectivity index (χ1v) is 4.24. The Morgan fingerprint density at radius 1 is 1.38 bits per heavy atom. The fourth-order valence-corrected chi connectivity index (χ4v) is 1.46. The van der Waals surface area contributed by atoms with Crippen LogP contribution in [0, 0.1) is 0 Å². The van der Waals surface area contributed by atoms with Crippen LogP contribution in [0.3, 0.4) is 0 Å². The fraction of sp³-hybridized carbons (Fsp3) is 0.125. The molecule has 0 amide bonds. The predicted octanol–water partition coefficient (Wildman–Crippen LogP) is 1.36. The van der Waals surface area contributed by atoms with Gasteiger partial charge in [-0.15, -0.1) is 0 Å². The Kier molecular flexibility index (Phi) is 3.25. The third kappa shape index (κ3) is 2.69. The summed E-state index contributed by atoms with van der Waals surface area (Å²) in [6, 6.07) is 5.51. The number of aromatic carboxylic acids is 1. The van der Waals surface area contributed by atoms with Gasteiger partial charge < -0.3 is 9.90 Å². The fourth-order valence-electron chi connectivity index (χ4n) is 0.834. The summed E-state index contributed by atoms with van der Waals surface area (Å²) in [5.74, 6) is -4.07. The Morgan fingerprint density at radius 3 is 2.54 bits per heavy atom. The van der Waals surface area contributed by atoms with Crippen LogP contribution in [-0.2, 0) is 0 Å². The number of carboxylic acids is 1. The molecule has 13 heavy (non-hydrogen) atoms. The van der Waals surface area contributed by atoms with Gasteiger partial charge in [0.05, 0.1) is 5.97 Å². The Labute approximate surface area is 77.6 Å². The summed E-state index contributed by atoms with van der Waals surface area (Å²) in [5.41, 5.74) is -0.201. The summed E-state index contributed by atoms with van der Waals surface area (Å²) >= 11 is 0.199. The Morgan fingerprint density at radius 2 is 2.00 bits per heavy atom. The highest BCUT2D eigenvalue weighted by atomic mass is 32.2. The van der Waals surface area contributed by atoms with Gasteiger partial charge in [0.25, 0.3) is 5.76 Å². The smallest absolute Gasteiger partial charge is 0.288 e. The van der Waals surface area contributed by atoms with Crippen LogP contribution in [-0.4, -0.2) is 11.7 Å². The number of carbonyl (C=O) groups excluding carboxylic acids is 1. The molecule has 0 aliphatic carbocycles. The molecular formula is C8H5F2O2S-. The Balaban J connectivity index is 2.98. The highest BCUT2D eigenvalue weighted by Crippen LogP contribution is 2.27. The number of carbonyl (C=O) groups is 1. The lowest BCUT2D eigenvalue weighted by molar-refractivity contribution is -0.255. The minimum absolute atomic E-state index is 0.0255. The molecule has 0 saturated carbocycles. The van der Waals surface area contributed by atoms with Crippen molar-refractivity contribution in [1.29, 1.82) is 0 Å². The summed E-state index contributed by atoms with van der Waals surface area (Å²) in [5, 5.41) is 10.4. The van der Waals surface area contributed by atoms with Crippen molar-refractivity contribution in [3.63, 3.8) is 0 Å². The number of hydrogen-bond donors (Lipinski definition) is 0. The van der Waals surface area contributed by atoms with Crippen LogP contribution in [0.4, 0.5) is 8.78 Å². The maximum atomic E-state index is 11.9. The van der Waals surface area contributed by atoms with Crippen molar-refractivity contribution < 1.29 is 18.7 Å². The van der Waals surface area contributed by atoms with E-state index in [0.717, 1.165) is 0 Å². The second-order valence-corrected chi connectivity index (χ2v) is 3.19. The van der Waals surface area contributed by atoms with E-state index in [9.17, 15) is 18.7 Å². The van der Waals surface area contributed by atoms with E-state index < -0.39 is 11.7 Å². The minimum Gasteiger partial charge on any atom is -0.545 e. The number of rotatable bonds is 3. The van der Waals surface area contributed by atoms with Gasteiger partial charge >= 0.3 is 0 Å². The molecule has 0 spiro atoms. The van der Waals surface area contributed by atoms with E-state index in [1.54, 1.807) is 0 Å². The number of benzene rings is 1. The van der Waals surface area contributed by atoms with Crippen LogP contribution in [0.5, 0.6) is 0 Å². The van der Waals surface area contributed by atoms with E-state index in [4.69, 9.17) is 0 Å². The van der Waals surface area contributed by atoms with E-state index in [1.165, 1.54) is 24.3 Å². The first-order chi connectivity index (χ1) is 6.11. The molecule has 0 N–H and O–H groups in total. The molecule has 0 bridgehead atoms. The molecule has 0 aliphatic rings. The van der Waals surface area contributed by atoms with Crippen molar-refractivity contribution in [2.75, 3.05) is 0 Å². The van der Waals surface area contributed by atoms with E-state index in [2.05, 4.69) is 0 Å². The summed E-state index contributed by atoms with van der Waals surface area (Å²) in [6.07, 6.45) is 0. The SMILES string of the molecule is O=C([O-])c1ccccc1SC(F)F. The molecule has 0 aliphatic heterocycles. The lowest BCUT2D eigenvalue weighted by Crippen LogP contribution is -2.22. The summed E-state index contributed by atoms with van der Waals surface area (Å²) in [4.78, 5) is 10.5. The van der Waals surface area contributed by atoms with Crippen molar-refractivity contribution in [2.45, 2.75) is 10.7 Å². The predicted molar refractivity (Wildman–Crippen MR) is 42.6 cm³/mol. The molecule has 0 fully saturated rings. The first-order valence-electron chi connectivity index (χ1n) is 3.36. The molecule has 0 atom stereocenters. The molecule has 0 radical (unpaired) electrons. The molecule has 1 rings (SSSR count). The van der Waals surface area contributed by atoms with E-state index in [1.807, 2.05) is 0 Å². The molecule has 0 saturated heterocycles. The summed E-state index contributed by atoms with van der Waals surface area (Å²) < 4.78 is 23.8. The molecule has 1 aromatic rings. The standard InChI is InChI=1S/C8H6F2O2S/c9-8(10)13-6-4-2-1-3-5(6)7(11)12/h1-4,8H,(H,11,12)/p-1. The molecule has 5 heteroatoms. The van der Waals surface area contributed by atoms with Gasteiger partial charge in [-0.2, -0.15) is 8.78 Å². The van der Waals surface area contributed by atoms with Gasteiger partial charge in [-0.1, -0.05) is 30.0 Å². The van der Waals surface area contributed by atoms with Gasteiger partial charge in [-0.05, 0) is 6.07 Å². The van der Waals surface area contributed by atoms with E-state index in [-0.39, 0.29) is 22.2 Å². The van der Waals surface area contributed by atoms with Crippen LogP contribution in [0.2, 0.25) is 0 Å². The number of halogens is 2. The van der Waals surface area contributed by atoms with Gasteiger partial charge in [0.2, 0.25) is 0 Å². The summed E-state index contributed by atoms with van der Waals surface area (Å²) in [7, 11) is 0. The first kappa shape index (κ1) is 9.98. The maximum absolute atomic E-state index is 11.9. The lowest BCUT2D eigenvalue weighted by atomic mass is 10.2. The monoisotopic (exact) mass is 203 g/mol. The summed E-state index contributed by atoms with van der Waals surface area (Å²) in [6.45, 7) is 0. The molecule has 0 aromatic heterocycles. The van der Waals surface area contributed by atoms with E-state index >= 15 is 0 Å². The van der Waals surface area contributed by atoms with Crippen molar-refractivity contribution in [3.05, 3.63) is 29.8 Å². The van der Waals surface area contributed by atoms with Crippen molar-refractivity contribution in [1.82, 2.24) is 0 Å². The zero-order valence-electron chi connectivity index (χ0n) is 6.37. The van der Waals surface area contributed by atoms with Crippen molar-refractivity contribution in [2.24, 2.45) is 0 Å². The second kappa shape index (κ2) is 4.23. The average Bonchev–Trinajstić information content (AvgIpc) is 2.03. The van der Waals surface area contributed by atoms with Crippen LogP contribution < -0.4 is 5.11 Å². The number of alkyl halides is 2. The molecular weight excluding hydrogens is 198 g/mol. The number of hydrogen-bond acceptors (Lipinski definition) is 3. The Bertz CT molecular complexity index is 315. The zero-order chi connectivity index (χ0) is 9.84. The van der Waals surface area contributed by atoms with E-state index in [0.29, 0.717) is 0 Å². The molecule has 0 heterocycles. The third-order valence-electron chi connectivity index (χ3n) is 1.32. The van der Waals surface area contributed by atoms with Crippen molar-refractivity contribution >= 4 is 17.7 Å². The largest absolute Gasteiger partial charge is 0.545 e. The topological polar surface area (TPSA) is 40.1 Å². The van der Waals surface area contributed by atoms with Gasteiger partial charge in [0, 0.05) is 10.5 Å². The van der Waals surface area contributed by atoms with Crippen LogP contribution in [0.1, 0.15) is 10.4 Å². The van der Waals surface area contributed by atoms with Gasteiger partial charge in [0.1, 0.15) is 0 Å². The highest BCUT2D eigenvalue weighted by Gasteiger charge is 2.09. The van der Waals surface area contributed by atoms with Gasteiger partial charge in [-0.3, -0.25) is 0 Å². The third-order valence-corrected chi connectivity index (χ3v) is 2.11. The maximum Gasteiger partial charge on any atom is 0.288 e.